The van der Waals surface area contributed by atoms with Crippen LogP contribution in [0.1, 0.15) is 5.56 Å². The average molecular weight is 391 g/mol. The molecule has 3 rings (SSSR count). The zero-order chi connectivity index (χ0) is 19.2. The summed E-state index contributed by atoms with van der Waals surface area (Å²) in [4.78, 5) is 14.5. The van der Waals surface area contributed by atoms with Crippen molar-refractivity contribution in [2.75, 3.05) is 43.6 Å². The van der Waals surface area contributed by atoms with Crippen LogP contribution >= 0.6 is 11.6 Å². The minimum atomic E-state index is -0.482. The highest BCUT2D eigenvalue weighted by Gasteiger charge is 2.16. The third-order valence-corrected chi connectivity index (χ3v) is 4.41. The predicted molar refractivity (Wildman–Crippen MR) is 105 cm³/mol. The summed E-state index contributed by atoms with van der Waals surface area (Å²) in [6, 6.07) is 9.88. The summed E-state index contributed by atoms with van der Waals surface area (Å²) in [5, 5.41) is 3.38. The second kappa shape index (κ2) is 8.88. The molecule has 0 spiro atoms. The summed E-state index contributed by atoms with van der Waals surface area (Å²) in [5.41, 5.74) is 2.07. The van der Waals surface area contributed by atoms with Crippen molar-refractivity contribution in [1.29, 1.82) is 0 Å². The molecule has 0 aliphatic carbocycles. The number of hydrogen-bond donors (Lipinski definition) is 1. The molecule has 5 nitrogen and oxygen atoms in total. The third kappa shape index (κ3) is 4.99. The van der Waals surface area contributed by atoms with E-state index in [1.54, 1.807) is 18.2 Å². The highest BCUT2D eigenvalue weighted by Crippen LogP contribution is 2.30. The molecule has 1 saturated heterocycles. The predicted octanol–water partition coefficient (Wildman–Crippen LogP) is 3.98. The summed E-state index contributed by atoms with van der Waals surface area (Å²) < 4.78 is 24.0. The summed E-state index contributed by atoms with van der Waals surface area (Å²) in [6.07, 6.45) is 2.89. The summed E-state index contributed by atoms with van der Waals surface area (Å²) in [5.74, 6) is -0.654. The van der Waals surface area contributed by atoms with Crippen LogP contribution in [0, 0.1) is 5.82 Å². The van der Waals surface area contributed by atoms with Crippen molar-refractivity contribution in [2.24, 2.45) is 0 Å². The van der Waals surface area contributed by atoms with Crippen LogP contribution in [0.4, 0.5) is 15.8 Å². The molecule has 1 N–H and O–H groups in total. The first-order valence-electron chi connectivity index (χ1n) is 8.51. The van der Waals surface area contributed by atoms with Gasteiger partial charge in [0.2, 0.25) is 5.91 Å². The Balaban J connectivity index is 1.73. The topological polar surface area (TPSA) is 50.8 Å². The molecule has 1 amide bonds. The monoisotopic (exact) mass is 390 g/mol. The minimum Gasteiger partial charge on any atom is -0.494 e. The lowest BCUT2D eigenvalue weighted by atomic mass is 10.2. The Morgan fingerprint density at radius 2 is 2.04 bits per heavy atom. The van der Waals surface area contributed by atoms with Crippen molar-refractivity contribution in [3.05, 3.63) is 58.9 Å². The molecular formula is C20H20ClFN2O3. The highest BCUT2D eigenvalue weighted by molar-refractivity contribution is 6.31. The molecule has 2 aromatic rings. The Morgan fingerprint density at radius 1 is 1.26 bits per heavy atom. The smallest absolute Gasteiger partial charge is 0.248 e. The normalized spacial score (nSPS) is 14.4. The molecule has 142 valence electrons. The number of carbonyl (C=O) groups is 1. The molecular weight excluding hydrogens is 371 g/mol. The van der Waals surface area contributed by atoms with Crippen molar-refractivity contribution >= 4 is 35.0 Å². The van der Waals surface area contributed by atoms with Crippen LogP contribution in [-0.2, 0) is 9.53 Å². The van der Waals surface area contributed by atoms with Gasteiger partial charge in [0.1, 0.15) is 0 Å². The molecule has 1 heterocycles. The van der Waals surface area contributed by atoms with Crippen molar-refractivity contribution in [3.63, 3.8) is 0 Å². The highest BCUT2D eigenvalue weighted by atomic mass is 35.5. The molecule has 0 aromatic heterocycles. The van der Waals surface area contributed by atoms with Crippen molar-refractivity contribution in [2.45, 2.75) is 0 Å². The number of rotatable bonds is 5. The first-order valence-corrected chi connectivity index (χ1v) is 8.89. The second-order valence-electron chi connectivity index (χ2n) is 5.98. The van der Waals surface area contributed by atoms with Gasteiger partial charge in [0, 0.05) is 24.2 Å². The lowest BCUT2D eigenvalue weighted by molar-refractivity contribution is -0.111. The van der Waals surface area contributed by atoms with E-state index in [1.165, 1.54) is 31.4 Å². The van der Waals surface area contributed by atoms with Gasteiger partial charge in [0.25, 0.3) is 0 Å². The number of anilines is 2. The number of halogens is 2. The van der Waals surface area contributed by atoms with Gasteiger partial charge in [0.15, 0.2) is 11.6 Å². The van der Waals surface area contributed by atoms with E-state index in [1.807, 2.05) is 6.07 Å². The fourth-order valence-electron chi connectivity index (χ4n) is 2.82. The van der Waals surface area contributed by atoms with Crippen LogP contribution in [0.25, 0.3) is 6.08 Å². The van der Waals surface area contributed by atoms with Crippen LogP contribution in [0.15, 0.2) is 42.5 Å². The molecule has 1 aliphatic rings. The third-order valence-electron chi connectivity index (χ3n) is 4.17. The van der Waals surface area contributed by atoms with Gasteiger partial charge in [-0.1, -0.05) is 17.7 Å². The molecule has 0 atom stereocenters. The number of nitrogens with one attached hydrogen (secondary N) is 1. The molecule has 0 bridgehead atoms. The number of carbonyl (C=O) groups excluding carboxylic acids is 1. The van der Waals surface area contributed by atoms with Crippen molar-refractivity contribution in [3.8, 4) is 5.75 Å². The Labute approximate surface area is 162 Å². The molecule has 1 fully saturated rings. The Kier molecular flexibility index (Phi) is 6.32. The fourth-order valence-corrected chi connectivity index (χ4v) is 2.99. The maximum Gasteiger partial charge on any atom is 0.248 e. The maximum atomic E-state index is 13.7. The van der Waals surface area contributed by atoms with E-state index >= 15 is 0 Å². The average Bonchev–Trinajstić information content (AvgIpc) is 2.67. The van der Waals surface area contributed by atoms with E-state index in [9.17, 15) is 9.18 Å². The molecule has 27 heavy (non-hydrogen) atoms. The Morgan fingerprint density at radius 3 is 2.74 bits per heavy atom. The van der Waals surface area contributed by atoms with Crippen LogP contribution in [0.2, 0.25) is 5.02 Å². The van der Waals surface area contributed by atoms with Gasteiger partial charge in [-0.2, -0.15) is 0 Å². The number of amides is 1. The van der Waals surface area contributed by atoms with Gasteiger partial charge in [-0.3, -0.25) is 4.79 Å². The zero-order valence-electron chi connectivity index (χ0n) is 14.9. The molecule has 1 aliphatic heterocycles. The molecule has 0 unspecified atom stereocenters. The first-order chi connectivity index (χ1) is 13.1. The Hall–Kier alpha value is -2.57. The van der Waals surface area contributed by atoms with E-state index in [0.29, 0.717) is 29.5 Å². The number of hydrogen-bond acceptors (Lipinski definition) is 4. The molecule has 0 radical (unpaired) electrons. The number of methoxy groups -OCH3 is 1. The number of ether oxygens (including phenoxy) is 2. The first kappa shape index (κ1) is 19.2. The number of benzene rings is 2. The standard InChI is InChI=1S/C20H20ClFN2O3/c1-26-19-6-2-14(12-16(19)22)3-7-20(25)23-17-13-15(21)4-5-18(17)24-8-10-27-11-9-24/h2-7,12-13H,8-11H2,1H3,(H,23,25)/b7-3+. The zero-order valence-corrected chi connectivity index (χ0v) is 15.6. The van der Waals surface area contributed by atoms with Crippen LogP contribution in [0.5, 0.6) is 5.75 Å². The quantitative estimate of drug-likeness (QED) is 0.785. The summed E-state index contributed by atoms with van der Waals surface area (Å²) in [7, 11) is 1.40. The summed E-state index contributed by atoms with van der Waals surface area (Å²) >= 11 is 6.09. The van der Waals surface area contributed by atoms with Crippen molar-refractivity contribution < 1.29 is 18.7 Å². The van der Waals surface area contributed by atoms with Gasteiger partial charge in [-0.15, -0.1) is 0 Å². The molecule has 7 heteroatoms. The summed E-state index contributed by atoms with van der Waals surface area (Å²) in [6.45, 7) is 2.76. The molecule has 0 saturated carbocycles. The van der Waals surface area contributed by atoms with Crippen molar-refractivity contribution in [1.82, 2.24) is 0 Å². The largest absolute Gasteiger partial charge is 0.494 e. The van der Waals surface area contributed by atoms with Gasteiger partial charge in [-0.05, 0) is 42.0 Å². The molecule has 2 aromatic carbocycles. The van der Waals surface area contributed by atoms with Gasteiger partial charge in [0.05, 0.1) is 31.7 Å². The van der Waals surface area contributed by atoms with Gasteiger partial charge in [-0.25, -0.2) is 4.39 Å². The van der Waals surface area contributed by atoms with E-state index in [4.69, 9.17) is 21.1 Å². The van der Waals surface area contributed by atoms with E-state index in [2.05, 4.69) is 10.2 Å². The SMILES string of the molecule is COc1ccc(/C=C/C(=O)Nc2cc(Cl)ccc2N2CCOCC2)cc1F. The lowest BCUT2D eigenvalue weighted by Gasteiger charge is -2.30. The fraction of sp³-hybridized carbons (Fsp3) is 0.250. The second-order valence-corrected chi connectivity index (χ2v) is 6.41. The van der Waals surface area contributed by atoms with E-state index < -0.39 is 5.82 Å². The van der Waals surface area contributed by atoms with Gasteiger partial charge >= 0.3 is 0 Å². The van der Waals surface area contributed by atoms with Crippen LogP contribution in [0.3, 0.4) is 0 Å². The van der Waals surface area contributed by atoms with Gasteiger partial charge < -0.3 is 19.7 Å². The van der Waals surface area contributed by atoms with Crippen LogP contribution in [-0.4, -0.2) is 39.3 Å². The Bertz CT molecular complexity index is 851. The minimum absolute atomic E-state index is 0.158. The van der Waals surface area contributed by atoms with E-state index in [-0.39, 0.29) is 11.7 Å². The lowest BCUT2D eigenvalue weighted by Crippen LogP contribution is -2.36. The number of morpholine rings is 1. The van der Waals surface area contributed by atoms with Crippen LogP contribution < -0.4 is 15.0 Å². The maximum absolute atomic E-state index is 13.7. The van der Waals surface area contributed by atoms with E-state index in [0.717, 1.165) is 18.8 Å². The number of nitrogens with zero attached hydrogens (tertiary/aromatic N) is 1.